The van der Waals surface area contributed by atoms with Gasteiger partial charge in [0.1, 0.15) is 11.6 Å². The third-order valence-electron chi connectivity index (χ3n) is 3.65. The molecule has 0 unspecified atom stereocenters. The van der Waals surface area contributed by atoms with Crippen LogP contribution in [0.15, 0.2) is 47.4 Å². The molecule has 26 heavy (non-hydrogen) atoms. The van der Waals surface area contributed by atoms with Gasteiger partial charge in [0.15, 0.2) is 0 Å². The van der Waals surface area contributed by atoms with E-state index in [2.05, 4.69) is 10.0 Å². The van der Waals surface area contributed by atoms with Gasteiger partial charge in [-0.2, -0.15) is 0 Å². The van der Waals surface area contributed by atoms with Gasteiger partial charge >= 0.3 is 0 Å². The van der Waals surface area contributed by atoms with E-state index in [0.717, 1.165) is 31.4 Å². The van der Waals surface area contributed by atoms with Crippen molar-refractivity contribution < 1.29 is 22.0 Å². The largest absolute Gasteiger partial charge is 0.352 e. The van der Waals surface area contributed by atoms with Crippen LogP contribution in [0.4, 0.5) is 14.5 Å². The van der Waals surface area contributed by atoms with E-state index in [1.807, 2.05) is 6.92 Å². The molecular formula is C18H20F2N2O3S. The molecule has 140 valence electrons. The maximum atomic E-state index is 13.7. The molecule has 5 nitrogen and oxygen atoms in total. The molecule has 0 radical (unpaired) electrons. The summed E-state index contributed by atoms with van der Waals surface area (Å²) < 4.78 is 53.5. The maximum Gasteiger partial charge on any atom is 0.262 e. The molecule has 0 aliphatic carbocycles. The lowest BCUT2D eigenvalue weighted by molar-refractivity contribution is 0.0952. The van der Waals surface area contributed by atoms with Crippen molar-refractivity contribution in [1.82, 2.24) is 5.32 Å². The van der Waals surface area contributed by atoms with Gasteiger partial charge in [-0.25, -0.2) is 17.2 Å². The molecule has 0 spiro atoms. The molecule has 2 aromatic rings. The molecule has 2 rings (SSSR count). The fourth-order valence-corrected chi connectivity index (χ4v) is 3.37. The number of carbonyl (C=O) groups excluding carboxylic acids is 1. The second kappa shape index (κ2) is 8.75. The Labute approximate surface area is 151 Å². The Morgan fingerprint density at radius 1 is 1.08 bits per heavy atom. The first-order chi connectivity index (χ1) is 12.3. The number of nitrogens with one attached hydrogen (secondary N) is 2. The fourth-order valence-electron chi connectivity index (χ4n) is 2.26. The lowest BCUT2D eigenvalue weighted by atomic mass is 10.2. The van der Waals surface area contributed by atoms with E-state index in [4.69, 9.17) is 0 Å². The second-order valence-corrected chi connectivity index (χ2v) is 7.40. The number of carbonyl (C=O) groups is 1. The third-order valence-corrected chi connectivity index (χ3v) is 5.01. The number of hydrogen-bond acceptors (Lipinski definition) is 3. The Kier molecular flexibility index (Phi) is 6.68. The number of halogens is 2. The Hall–Kier alpha value is -2.48. The molecule has 0 heterocycles. The first-order valence-electron chi connectivity index (χ1n) is 8.19. The highest BCUT2D eigenvalue weighted by Gasteiger charge is 2.18. The van der Waals surface area contributed by atoms with Crippen LogP contribution in [0, 0.1) is 11.6 Å². The zero-order valence-electron chi connectivity index (χ0n) is 14.3. The Morgan fingerprint density at radius 2 is 1.85 bits per heavy atom. The van der Waals surface area contributed by atoms with Crippen LogP contribution >= 0.6 is 0 Å². The first-order valence-corrected chi connectivity index (χ1v) is 9.68. The van der Waals surface area contributed by atoms with Gasteiger partial charge in [0.2, 0.25) is 0 Å². The molecule has 0 atom stereocenters. The molecule has 0 saturated heterocycles. The summed E-state index contributed by atoms with van der Waals surface area (Å²) in [4.78, 5) is 11.9. The highest BCUT2D eigenvalue weighted by Crippen LogP contribution is 2.20. The van der Waals surface area contributed by atoms with Crippen LogP contribution in [-0.4, -0.2) is 20.9 Å². The molecule has 0 aliphatic rings. The number of amides is 1. The lowest BCUT2D eigenvalue weighted by Crippen LogP contribution is -2.24. The smallest absolute Gasteiger partial charge is 0.262 e. The lowest BCUT2D eigenvalue weighted by Gasteiger charge is -2.10. The zero-order valence-corrected chi connectivity index (χ0v) is 15.1. The minimum Gasteiger partial charge on any atom is -0.352 e. The van der Waals surface area contributed by atoms with Crippen molar-refractivity contribution in [2.75, 3.05) is 11.3 Å². The minimum atomic E-state index is -4.13. The fraction of sp³-hybridized carbons (Fsp3) is 0.278. The van der Waals surface area contributed by atoms with Crippen molar-refractivity contribution in [2.24, 2.45) is 0 Å². The van der Waals surface area contributed by atoms with E-state index in [-0.39, 0.29) is 22.1 Å². The van der Waals surface area contributed by atoms with Gasteiger partial charge < -0.3 is 5.32 Å². The number of rotatable bonds is 8. The van der Waals surface area contributed by atoms with Crippen LogP contribution in [0.3, 0.4) is 0 Å². The summed E-state index contributed by atoms with van der Waals surface area (Å²) in [5, 5.41) is 2.72. The number of anilines is 1. The summed E-state index contributed by atoms with van der Waals surface area (Å²) in [6, 6.07) is 7.94. The number of benzene rings is 2. The summed E-state index contributed by atoms with van der Waals surface area (Å²) in [5.41, 5.74) is -0.190. The molecule has 2 aromatic carbocycles. The van der Waals surface area contributed by atoms with E-state index >= 15 is 0 Å². The molecule has 2 N–H and O–H groups in total. The summed E-state index contributed by atoms with van der Waals surface area (Å²) >= 11 is 0. The monoisotopic (exact) mass is 382 g/mol. The standard InChI is InChI=1S/C18H20F2N2O3S/c1-2-3-4-10-21-18(23)13-6-5-7-15(11-13)26(24,25)22-17-9-8-14(19)12-16(17)20/h5-9,11-12,22H,2-4,10H2,1H3,(H,21,23). The molecule has 0 aromatic heterocycles. The normalized spacial score (nSPS) is 11.2. The second-order valence-electron chi connectivity index (χ2n) is 5.72. The Bertz CT molecular complexity index is 886. The maximum absolute atomic E-state index is 13.7. The van der Waals surface area contributed by atoms with E-state index in [9.17, 15) is 22.0 Å². The molecule has 0 aliphatic heterocycles. The number of sulfonamides is 1. The predicted octanol–water partition coefficient (Wildman–Crippen LogP) is 3.69. The Balaban J connectivity index is 2.15. The van der Waals surface area contributed by atoms with Gasteiger partial charge in [0, 0.05) is 18.2 Å². The van der Waals surface area contributed by atoms with E-state index in [1.165, 1.54) is 24.3 Å². The van der Waals surface area contributed by atoms with Crippen LogP contribution in [0.2, 0.25) is 0 Å². The van der Waals surface area contributed by atoms with Crippen LogP contribution in [0.1, 0.15) is 36.5 Å². The van der Waals surface area contributed by atoms with Crippen LogP contribution in [0.25, 0.3) is 0 Å². The van der Waals surface area contributed by atoms with Gasteiger partial charge in [-0.15, -0.1) is 0 Å². The van der Waals surface area contributed by atoms with E-state index in [1.54, 1.807) is 0 Å². The molecule has 0 saturated carbocycles. The van der Waals surface area contributed by atoms with Gasteiger partial charge in [-0.1, -0.05) is 25.8 Å². The van der Waals surface area contributed by atoms with E-state index < -0.39 is 21.7 Å². The molecule has 0 bridgehead atoms. The van der Waals surface area contributed by atoms with E-state index in [0.29, 0.717) is 12.6 Å². The van der Waals surface area contributed by atoms with Crippen LogP contribution in [-0.2, 0) is 10.0 Å². The van der Waals surface area contributed by atoms with Gasteiger partial charge in [-0.3, -0.25) is 9.52 Å². The van der Waals surface area contributed by atoms with Crippen molar-refractivity contribution in [3.05, 3.63) is 59.7 Å². The average molecular weight is 382 g/mol. The van der Waals surface area contributed by atoms with Crippen LogP contribution < -0.4 is 10.0 Å². The number of unbranched alkanes of at least 4 members (excludes halogenated alkanes) is 2. The highest BCUT2D eigenvalue weighted by molar-refractivity contribution is 7.92. The van der Waals surface area contributed by atoms with Crippen molar-refractivity contribution in [1.29, 1.82) is 0 Å². The summed E-state index contributed by atoms with van der Waals surface area (Å²) in [7, 11) is -4.13. The Morgan fingerprint density at radius 3 is 2.54 bits per heavy atom. The molecule has 1 amide bonds. The zero-order chi connectivity index (χ0) is 19.2. The van der Waals surface area contributed by atoms with Crippen molar-refractivity contribution in [2.45, 2.75) is 31.1 Å². The minimum absolute atomic E-state index is 0.184. The topological polar surface area (TPSA) is 75.3 Å². The number of hydrogen-bond donors (Lipinski definition) is 2. The van der Waals surface area contributed by atoms with Crippen LogP contribution in [0.5, 0.6) is 0 Å². The van der Waals surface area contributed by atoms with Gasteiger partial charge in [0.05, 0.1) is 10.6 Å². The SMILES string of the molecule is CCCCCNC(=O)c1cccc(S(=O)(=O)Nc2ccc(F)cc2F)c1. The quantitative estimate of drug-likeness (QED) is 0.684. The van der Waals surface area contributed by atoms with Crippen molar-refractivity contribution in [3.8, 4) is 0 Å². The first kappa shape index (κ1) is 19.8. The van der Waals surface area contributed by atoms with Gasteiger partial charge in [0.25, 0.3) is 15.9 Å². The molecular weight excluding hydrogens is 362 g/mol. The van der Waals surface area contributed by atoms with Gasteiger partial charge in [-0.05, 0) is 36.8 Å². The summed E-state index contributed by atoms with van der Waals surface area (Å²) in [6.07, 6.45) is 2.85. The predicted molar refractivity (Wildman–Crippen MR) is 95.5 cm³/mol. The molecule has 0 fully saturated rings. The summed E-state index contributed by atoms with van der Waals surface area (Å²) in [6.45, 7) is 2.55. The summed E-state index contributed by atoms with van der Waals surface area (Å²) in [5.74, 6) is -2.23. The van der Waals surface area contributed by atoms with Crippen molar-refractivity contribution >= 4 is 21.6 Å². The highest BCUT2D eigenvalue weighted by atomic mass is 32.2. The third kappa shape index (κ3) is 5.26. The van der Waals surface area contributed by atoms with Crippen molar-refractivity contribution in [3.63, 3.8) is 0 Å². The molecule has 8 heteroatoms. The average Bonchev–Trinajstić information content (AvgIpc) is 2.61.